The van der Waals surface area contributed by atoms with Crippen LogP contribution in [-0.2, 0) is 17.8 Å². The average molecular weight is 375 g/mol. The number of esters is 1. The lowest BCUT2D eigenvalue weighted by molar-refractivity contribution is 0.0526. The molecule has 0 saturated heterocycles. The number of aromatic nitrogens is 1. The molecule has 26 heavy (non-hydrogen) atoms. The molecule has 2 rings (SSSR count). The van der Waals surface area contributed by atoms with Gasteiger partial charge in [0, 0.05) is 11.4 Å². The SMILES string of the molecule is CCNC(=NCc1ccc(C(=O)OCC)cc1)NCc1sc(C)nc1C. The van der Waals surface area contributed by atoms with Gasteiger partial charge in [-0.25, -0.2) is 14.8 Å². The molecular weight excluding hydrogens is 348 g/mol. The number of hydrogen-bond acceptors (Lipinski definition) is 5. The number of nitrogens with zero attached hydrogens (tertiary/aromatic N) is 2. The molecule has 0 radical (unpaired) electrons. The van der Waals surface area contributed by atoms with Crippen LogP contribution in [0.5, 0.6) is 0 Å². The van der Waals surface area contributed by atoms with Crippen molar-refractivity contribution in [2.75, 3.05) is 13.2 Å². The van der Waals surface area contributed by atoms with Gasteiger partial charge in [-0.15, -0.1) is 11.3 Å². The first kappa shape index (κ1) is 19.9. The van der Waals surface area contributed by atoms with E-state index >= 15 is 0 Å². The molecule has 7 heteroatoms. The molecule has 0 atom stereocenters. The minimum absolute atomic E-state index is 0.298. The van der Waals surface area contributed by atoms with E-state index in [0.717, 1.165) is 28.8 Å². The molecule has 0 amide bonds. The first-order valence-corrected chi connectivity index (χ1v) is 9.56. The summed E-state index contributed by atoms with van der Waals surface area (Å²) in [7, 11) is 0. The minimum Gasteiger partial charge on any atom is -0.462 e. The molecule has 0 spiro atoms. The summed E-state index contributed by atoms with van der Waals surface area (Å²) in [6.07, 6.45) is 0. The maximum atomic E-state index is 11.7. The summed E-state index contributed by atoms with van der Waals surface area (Å²) in [4.78, 5) is 22.0. The van der Waals surface area contributed by atoms with E-state index in [1.54, 1.807) is 30.4 Å². The van der Waals surface area contributed by atoms with Crippen molar-refractivity contribution in [1.29, 1.82) is 0 Å². The van der Waals surface area contributed by atoms with E-state index in [0.29, 0.717) is 25.3 Å². The number of nitrogens with one attached hydrogen (secondary N) is 2. The molecule has 6 nitrogen and oxygen atoms in total. The van der Waals surface area contributed by atoms with Crippen LogP contribution in [0.4, 0.5) is 0 Å². The fourth-order valence-electron chi connectivity index (χ4n) is 2.37. The number of aryl methyl sites for hydroxylation is 2. The third-order valence-electron chi connectivity index (χ3n) is 3.65. The van der Waals surface area contributed by atoms with E-state index in [4.69, 9.17) is 4.74 Å². The maximum Gasteiger partial charge on any atom is 0.338 e. The molecule has 2 aromatic rings. The number of carbonyl (C=O) groups excluding carboxylic acids is 1. The van der Waals surface area contributed by atoms with E-state index < -0.39 is 0 Å². The highest BCUT2D eigenvalue weighted by molar-refractivity contribution is 7.11. The van der Waals surface area contributed by atoms with Crippen molar-refractivity contribution in [3.8, 4) is 0 Å². The van der Waals surface area contributed by atoms with Gasteiger partial charge >= 0.3 is 5.97 Å². The van der Waals surface area contributed by atoms with E-state index in [1.165, 1.54) is 4.88 Å². The quantitative estimate of drug-likeness (QED) is 0.442. The van der Waals surface area contributed by atoms with Gasteiger partial charge in [-0.05, 0) is 45.4 Å². The molecule has 0 aliphatic carbocycles. The maximum absolute atomic E-state index is 11.7. The zero-order valence-electron chi connectivity index (χ0n) is 15.8. The lowest BCUT2D eigenvalue weighted by Gasteiger charge is -2.11. The van der Waals surface area contributed by atoms with E-state index in [1.807, 2.05) is 32.9 Å². The van der Waals surface area contributed by atoms with Crippen LogP contribution >= 0.6 is 11.3 Å². The summed E-state index contributed by atoms with van der Waals surface area (Å²) < 4.78 is 4.99. The zero-order valence-corrected chi connectivity index (χ0v) is 16.6. The molecule has 0 bridgehead atoms. The number of rotatable bonds is 7. The van der Waals surface area contributed by atoms with E-state index in [-0.39, 0.29) is 5.97 Å². The number of carbonyl (C=O) groups is 1. The van der Waals surface area contributed by atoms with Crippen molar-refractivity contribution in [2.45, 2.75) is 40.8 Å². The highest BCUT2D eigenvalue weighted by Crippen LogP contribution is 2.16. The number of hydrogen-bond donors (Lipinski definition) is 2. The van der Waals surface area contributed by atoms with Crippen LogP contribution in [0, 0.1) is 13.8 Å². The van der Waals surface area contributed by atoms with Crippen LogP contribution in [0.3, 0.4) is 0 Å². The Morgan fingerprint density at radius 2 is 1.92 bits per heavy atom. The molecule has 1 aromatic carbocycles. The molecule has 1 heterocycles. The smallest absolute Gasteiger partial charge is 0.338 e. The Kier molecular flexibility index (Phi) is 7.59. The van der Waals surface area contributed by atoms with Gasteiger partial charge in [-0.2, -0.15) is 0 Å². The van der Waals surface area contributed by atoms with Crippen LogP contribution in [0.2, 0.25) is 0 Å². The van der Waals surface area contributed by atoms with Crippen molar-refractivity contribution < 1.29 is 9.53 Å². The van der Waals surface area contributed by atoms with Gasteiger partial charge in [0.25, 0.3) is 0 Å². The summed E-state index contributed by atoms with van der Waals surface area (Å²) in [5.74, 6) is 0.459. The van der Waals surface area contributed by atoms with Crippen molar-refractivity contribution in [1.82, 2.24) is 15.6 Å². The van der Waals surface area contributed by atoms with Gasteiger partial charge < -0.3 is 15.4 Å². The molecule has 0 aliphatic heterocycles. The fraction of sp³-hybridized carbons (Fsp3) is 0.421. The lowest BCUT2D eigenvalue weighted by atomic mass is 10.1. The number of guanidine groups is 1. The summed E-state index contributed by atoms with van der Waals surface area (Å²) in [6.45, 7) is 10.3. The van der Waals surface area contributed by atoms with E-state index in [2.05, 4.69) is 20.6 Å². The van der Waals surface area contributed by atoms with Crippen molar-refractivity contribution in [3.05, 3.63) is 51.0 Å². The summed E-state index contributed by atoms with van der Waals surface area (Å²) >= 11 is 1.70. The van der Waals surface area contributed by atoms with Crippen LogP contribution < -0.4 is 10.6 Å². The standard InChI is InChI=1S/C19H26N4O2S/c1-5-20-19(22-12-17-13(3)23-14(4)26-17)21-11-15-7-9-16(10-8-15)18(24)25-6-2/h7-10H,5-6,11-12H2,1-4H3,(H2,20,21,22). The van der Waals surface area contributed by atoms with Crippen LogP contribution in [-0.4, -0.2) is 30.1 Å². The molecule has 0 fully saturated rings. The highest BCUT2D eigenvalue weighted by Gasteiger charge is 2.07. The van der Waals surface area contributed by atoms with Crippen molar-refractivity contribution >= 4 is 23.3 Å². The Morgan fingerprint density at radius 3 is 2.50 bits per heavy atom. The highest BCUT2D eigenvalue weighted by atomic mass is 32.1. The van der Waals surface area contributed by atoms with Crippen LogP contribution in [0.1, 0.15) is 45.3 Å². The Hall–Kier alpha value is -2.41. The van der Waals surface area contributed by atoms with Crippen molar-refractivity contribution in [3.63, 3.8) is 0 Å². The second-order valence-corrected chi connectivity index (χ2v) is 7.00. The molecule has 0 unspecified atom stereocenters. The number of benzene rings is 1. The normalized spacial score (nSPS) is 11.3. The van der Waals surface area contributed by atoms with Gasteiger partial charge in [-0.1, -0.05) is 12.1 Å². The summed E-state index contributed by atoms with van der Waals surface area (Å²) in [5.41, 5.74) is 2.64. The third kappa shape index (κ3) is 5.84. The average Bonchev–Trinajstić information content (AvgIpc) is 2.95. The third-order valence-corrected chi connectivity index (χ3v) is 4.72. The van der Waals surface area contributed by atoms with Crippen LogP contribution in [0.15, 0.2) is 29.3 Å². The van der Waals surface area contributed by atoms with Gasteiger partial charge in [0.2, 0.25) is 0 Å². The molecule has 1 aromatic heterocycles. The second-order valence-electron chi connectivity index (χ2n) is 5.71. The van der Waals surface area contributed by atoms with E-state index in [9.17, 15) is 4.79 Å². The molecular formula is C19H26N4O2S. The fourth-order valence-corrected chi connectivity index (χ4v) is 3.25. The Bertz CT molecular complexity index is 753. The Balaban J connectivity index is 1.97. The van der Waals surface area contributed by atoms with Gasteiger partial charge in [0.05, 0.1) is 36.0 Å². The first-order chi connectivity index (χ1) is 12.5. The Labute approximate surface area is 158 Å². The van der Waals surface area contributed by atoms with Gasteiger partial charge in [0.15, 0.2) is 5.96 Å². The predicted octanol–water partition coefficient (Wildman–Crippen LogP) is 3.19. The topological polar surface area (TPSA) is 75.6 Å². The van der Waals surface area contributed by atoms with Gasteiger partial charge in [0.1, 0.15) is 0 Å². The monoisotopic (exact) mass is 374 g/mol. The zero-order chi connectivity index (χ0) is 18.9. The lowest BCUT2D eigenvalue weighted by Crippen LogP contribution is -2.36. The molecule has 0 saturated carbocycles. The summed E-state index contributed by atoms with van der Waals surface area (Å²) in [5, 5.41) is 7.66. The number of aliphatic imine (C=N–C) groups is 1. The van der Waals surface area contributed by atoms with Crippen molar-refractivity contribution in [2.24, 2.45) is 4.99 Å². The summed E-state index contributed by atoms with van der Waals surface area (Å²) in [6, 6.07) is 7.34. The number of ether oxygens (including phenoxy) is 1. The number of thiazole rings is 1. The molecule has 2 N–H and O–H groups in total. The molecule has 0 aliphatic rings. The van der Waals surface area contributed by atoms with Gasteiger partial charge in [-0.3, -0.25) is 0 Å². The molecule has 140 valence electrons. The minimum atomic E-state index is -0.298. The largest absolute Gasteiger partial charge is 0.462 e. The van der Waals surface area contributed by atoms with Crippen LogP contribution in [0.25, 0.3) is 0 Å². The Morgan fingerprint density at radius 1 is 1.19 bits per heavy atom. The first-order valence-electron chi connectivity index (χ1n) is 8.74. The predicted molar refractivity (Wildman–Crippen MR) is 106 cm³/mol. The second kappa shape index (κ2) is 9.91.